The quantitative estimate of drug-likeness (QED) is 0.560. The van der Waals surface area contributed by atoms with Crippen LogP contribution in [0.3, 0.4) is 0 Å². The van der Waals surface area contributed by atoms with Crippen molar-refractivity contribution >= 4 is 12.1 Å². The molecular weight excluding hydrogens is 238 g/mol. The molecule has 0 aromatic heterocycles. The van der Waals surface area contributed by atoms with Crippen LogP contribution in [-0.4, -0.2) is 46.5 Å². The third-order valence-electron chi connectivity index (χ3n) is 3.39. The molecule has 0 unspecified atom stereocenters. The van der Waals surface area contributed by atoms with Crippen LogP contribution in [-0.2, 0) is 14.3 Å². The summed E-state index contributed by atoms with van der Waals surface area (Å²) in [5.41, 5.74) is -0.372. The lowest BCUT2D eigenvalue weighted by Gasteiger charge is -2.38. The van der Waals surface area contributed by atoms with Gasteiger partial charge in [-0.05, 0) is 6.42 Å². The first-order valence-electron chi connectivity index (χ1n) is 6.22. The monoisotopic (exact) mass is 257 g/mol. The van der Waals surface area contributed by atoms with Crippen LogP contribution in [0.5, 0.6) is 0 Å². The number of ether oxygens (including phenoxy) is 2. The van der Waals surface area contributed by atoms with E-state index < -0.39 is 11.9 Å². The van der Waals surface area contributed by atoms with E-state index in [-0.39, 0.29) is 11.6 Å². The summed E-state index contributed by atoms with van der Waals surface area (Å²) in [7, 11) is 0. The predicted octanol–water partition coefficient (Wildman–Crippen LogP) is 1.02. The molecule has 1 amide bonds. The molecule has 0 aromatic carbocycles. The van der Waals surface area contributed by atoms with Crippen molar-refractivity contribution in [1.82, 2.24) is 4.90 Å². The van der Waals surface area contributed by atoms with Crippen LogP contribution in [0.25, 0.3) is 0 Å². The van der Waals surface area contributed by atoms with E-state index in [1.165, 1.54) is 18.7 Å². The molecule has 0 atom stereocenters. The lowest BCUT2D eigenvalue weighted by Crippen LogP contribution is -2.48. The highest BCUT2D eigenvalue weighted by atomic mass is 16.7. The molecule has 18 heavy (non-hydrogen) atoms. The summed E-state index contributed by atoms with van der Waals surface area (Å²) in [4.78, 5) is 24.4. The van der Waals surface area contributed by atoms with Crippen LogP contribution in [0.4, 0.5) is 4.79 Å². The van der Waals surface area contributed by atoms with Gasteiger partial charge in [0.1, 0.15) is 5.60 Å². The summed E-state index contributed by atoms with van der Waals surface area (Å²) in [6.45, 7) is 3.80. The summed E-state index contributed by atoms with van der Waals surface area (Å²) >= 11 is 0. The zero-order chi connectivity index (χ0) is 13.4. The molecule has 2 heterocycles. The zero-order valence-corrected chi connectivity index (χ0v) is 10.8. The highest BCUT2D eigenvalue weighted by Crippen LogP contribution is 2.36. The number of rotatable bonds is 1. The van der Waals surface area contributed by atoms with Gasteiger partial charge in [0, 0.05) is 46.2 Å². The Morgan fingerprint density at radius 1 is 1.39 bits per heavy atom. The molecule has 0 radical (unpaired) electrons. The molecule has 1 spiro atoms. The first-order valence-corrected chi connectivity index (χ1v) is 6.22. The summed E-state index contributed by atoms with van der Waals surface area (Å²) in [5.74, 6) is -1.62. The van der Waals surface area contributed by atoms with Crippen molar-refractivity contribution in [3.8, 4) is 0 Å². The van der Waals surface area contributed by atoms with E-state index in [2.05, 4.69) is 0 Å². The molecule has 0 aromatic rings. The minimum Gasteiger partial charge on any atom is -0.459 e. The standard InChI is InChI=1S/C12H19NO5/c1-11(2,16)18-10(15)13-7-5-12(6-8-13)4-3-9(14)17-12/h16H,3-8H2,1-2H3. The number of likely N-dealkylation sites (tertiary alicyclic amines) is 1. The maximum absolute atomic E-state index is 11.7. The smallest absolute Gasteiger partial charge is 0.412 e. The Morgan fingerprint density at radius 3 is 2.44 bits per heavy atom. The molecular formula is C12H19NO5. The number of hydrogen-bond donors (Lipinski definition) is 1. The Bertz CT molecular complexity index is 352. The first kappa shape index (κ1) is 13.1. The second-order valence-electron chi connectivity index (χ2n) is 5.46. The van der Waals surface area contributed by atoms with Gasteiger partial charge in [-0.1, -0.05) is 0 Å². The molecule has 6 nitrogen and oxygen atoms in total. The van der Waals surface area contributed by atoms with Crippen molar-refractivity contribution in [2.24, 2.45) is 0 Å². The molecule has 2 aliphatic rings. The number of amides is 1. The van der Waals surface area contributed by atoms with Crippen molar-refractivity contribution < 1.29 is 24.2 Å². The molecule has 0 bridgehead atoms. The van der Waals surface area contributed by atoms with Gasteiger partial charge in [0.2, 0.25) is 5.79 Å². The van der Waals surface area contributed by atoms with Gasteiger partial charge in [-0.25, -0.2) is 4.79 Å². The average Bonchev–Trinajstić information content (AvgIpc) is 2.58. The first-order chi connectivity index (χ1) is 8.30. The van der Waals surface area contributed by atoms with Crippen LogP contribution < -0.4 is 0 Å². The fourth-order valence-corrected chi connectivity index (χ4v) is 2.40. The molecule has 0 aliphatic carbocycles. The van der Waals surface area contributed by atoms with E-state index in [0.717, 1.165) is 6.42 Å². The molecule has 0 saturated carbocycles. The van der Waals surface area contributed by atoms with Gasteiger partial charge in [0.25, 0.3) is 0 Å². The predicted molar refractivity (Wildman–Crippen MR) is 61.6 cm³/mol. The Balaban J connectivity index is 1.87. The lowest BCUT2D eigenvalue weighted by atomic mass is 9.89. The largest absolute Gasteiger partial charge is 0.459 e. The van der Waals surface area contributed by atoms with E-state index in [0.29, 0.717) is 32.4 Å². The van der Waals surface area contributed by atoms with E-state index in [1.54, 1.807) is 0 Å². The fourth-order valence-electron chi connectivity index (χ4n) is 2.40. The molecule has 2 fully saturated rings. The summed E-state index contributed by atoms with van der Waals surface area (Å²) in [6, 6.07) is 0. The minimum atomic E-state index is -1.47. The Labute approximate surface area is 106 Å². The fraction of sp³-hybridized carbons (Fsp3) is 0.833. The lowest BCUT2D eigenvalue weighted by molar-refractivity contribution is -0.154. The van der Waals surface area contributed by atoms with Crippen molar-refractivity contribution in [3.05, 3.63) is 0 Å². The SMILES string of the molecule is CC(C)(O)OC(=O)N1CCC2(CCC(=O)O2)CC1. The van der Waals surface area contributed by atoms with Gasteiger partial charge in [-0.15, -0.1) is 0 Å². The molecule has 2 aliphatic heterocycles. The summed E-state index contributed by atoms with van der Waals surface area (Å²) in [5, 5.41) is 9.42. The summed E-state index contributed by atoms with van der Waals surface area (Å²) in [6.07, 6.45) is 1.95. The van der Waals surface area contributed by atoms with Gasteiger partial charge in [0.05, 0.1) is 0 Å². The second kappa shape index (κ2) is 4.42. The molecule has 2 saturated heterocycles. The number of carbonyl (C=O) groups excluding carboxylic acids is 2. The second-order valence-corrected chi connectivity index (χ2v) is 5.46. The number of aliphatic hydroxyl groups is 1. The van der Waals surface area contributed by atoms with Gasteiger partial charge in [-0.2, -0.15) is 0 Å². The van der Waals surface area contributed by atoms with Crippen LogP contribution in [0.2, 0.25) is 0 Å². The van der Waals surface area contributed by atoms with Crippen LogP contribution >= 0.6 is 0 Å². The number of piperidine rings is 1. The maximum atomic E-state index is 11.7. The molecule has 1 N–H and O–H groups in total. The van der Waals surface area contributed by atoms with Crippen molar-refractivity contribution in [1.29, 1.82) is 0 Å². The minimum absolute atomic E-state index is 0.150. The van der Waals surface area contributed by atoms with E-state index in [4.69, 9.17) is 9.47 Å². The number of hydrogen-bond acceptors (Lipinski definition) is 5. The highest BCUT2D eigenvalue weighted by molar-refractivity contribution is 5.72. The number of carbonyl (C=O) groups is 2. The zero-order valence-electron chi connectivity index (χ0n) is 10.8. The Kier molecular flexibility index (Phi) is 3.23. The summed E-state index contributed by atoms with van der Waals surface area (Å²) < 4.78 is 10.2. The van der Waals surface area contributed by atoms with Gasteiger partial charge in [0.15, 0.2) is 0 Å². The van der Waals surface area contributed by atoms with Crippen molar-refractivity contribution in [2.45, 2.75) is 50.9 Å². The number of esters is 1. The van der Waals surface area contributed by atoms with E-state index in [1.807, 2.05) is 0 Å². The molecule has 6 heteroatoms. The average molecular weight is 257 g/mol. The van der Waals surface area contributed by atoms with E-state index in [9.17, 15) is 14.7 Å². The van der Waals surface area contributed by atoms with Crippen molar-refractivity contribution in [3.63, 3.8) is 0 Å². The maximum Gasteiger partial charge on any atom is 0.412 e. The Morgan fingerprint density at radius 2 is 2.00 bits per heavy atom. The third-order valence-corrected chi connectivity index (χ3v) is 3.39. The third kappa shape index (κ3) is 2.93. The van der Waals surface area contributed by atoms with Gasteiger partial charge in [-0.3, -0.25) is 4.79 Å². The number of nitrogens with zero attached hydrogens (tertiary/aromatic N) is 1. The van der Waals surface area contributed by atoms with Gasteiger partial charge >= 0.3 is 12.1 Å². The molecule has 2 rings (SSSR count). The van der Waals surface area contributed by atoms with Crippen molar-refractivity contribution in [2.75, 3.05) is 13.1 Å². The van der Waals surface area contributed by atoms with E-state index >= 15 is 0 Å². The van der Waals surface area contributed by atoms with Gasteiger partial charge < -0.3 is 19.5 Å². The topological polar surface area (TPSA) is 76.1 Å². The van der Waals surface area contributed by atoms with Crippen LogP contribution in [0.15, 0.2) is 0 Å². The Hall–Kier alpha value is -1.30. The van der Waals surface area contributed by atoms with Crippen LogP contribution in [0, 0.1) is 0 Å². The highest BCUT2D eigenvalue weighted by Gasteiger charge is 2.44. The molecule has 102 valence electrons. The van der Waals surface area contributed by atoms with Crippen LogP contribution in [0.1, 0.15) is 39.5 Å². The normalized spacial score (nSPS) is 23.1.